The summed E-state index contributed by atoms with van der Waals surface area (Å²) in [4.78, 5) is 114. The summed E-state index contributed by atoms with van der Waals surface area (Å²) >= 11 is 0. The van der Waals surface area contributed by atoms with E-state index in [9.17, 15) is 43.5 Å². The van der Waals surface area contributed by atoms with Crippen molar-refractivity contribution in [3.8, 4) is 0 Å². The number of hydrogen-bond donors (Lipinski definition) is 12. The number of hydrogen-bond acceptors (Lipinski definition) is 11. The Balaban J connectivity index is 1.24. The molecular weight excluding hydrogens is 1030 g/mol. The highest BCUT2D eigenvalue weighted by atomic mass is 16.4. The largest absolute Gasteiger partial charge is 0.481 e. The van der Waals surface area contributed by atoms with Crippen LogP contribution in [0.1, 0.15) is 66.8 Å². The van der Waals surface area contributed by atoms with E-state index in [2.05, 4.69) is 42.2 Å². The molecule has 0 saturated heterocycles. The number of unbranched alkanes of at least 4 members (excludes halogenated alkanes) is 1. The van der Waals surface area contributed by atoms with E-state index in [1.807, 2.05) is 60.7 Å². The first-order valence-electron chi connectivity index (χ1n) is 27.2. The van der Waals surface area contributed by atoms with Gasteiger partial charge >= 0.3 is 5.97 Å². The van der Waals surface area contributed by atoms with Crippen LogP contribution in [0.15, 0.2) is 152 Å². The highest BCUT2D eigenvalue weighted by molar-refractivity contribution is 5.98. The summed E-state index contributed by atoms with van der Waals surface area (Å²) in [6.45, 7) is 1.56. The van der Waals surface area contributed by atoms with Crippen LogP contribution in [0.2, 0.25) is 0 Å². The number of rotatable bonds is 32. The first kappa shape index (κ1) is 61.5. The number of H-pyrrole nitrogens is 1. The Morgan fingerprint density at radius 2 is 0.901 bits per heavy atom. The van der Waals surface area contributed by atoms with E-state index in [4.69, 9.17) is 16.6 Å². The molecule has 0 bridgehead atoms. The monoisotopic (exact) mass is 1110 g/mol. The van der Waals surface area contributed by atoms with Gasteiger partial charge in [-0.25, -0.2) is 0 Å². The number of carboxylic acids is 1. The quantitative estimate of drug-likeness (QED) is 0.0271. The van der Waals surface area contributed by atoms with Gasteiger partial charge in [-0.15, -0.1) is 0 Å². The van der Waals surface area contributed by atoms with Gasteiger partial charge in [0.1, 0.15) is 36.3 Å². The van der Waals surface area contributed by atoms with Gasteiger partial charge in [0.05, 0.1) is 12.1 Å². The number of nitrogens with two attached hydrogens (primary N) is 2. The van der Waals surface area contributed by atoms with Crippen LogP contribution in [0.4, 0.5) is 0 Å². The third-order valence-electron chi connectivity index (χ3n) is 13.6. The maximum Gasteiger partial charge on any atom is 0.303 e. The molecule has 0 unspecified atom stereocenters. The standard InChI is InChI=1S/C61H74N10O10/c1-39(72)54(61(81)70-51(36-43-25-12-5-13-26-43)59(79)68-49(34-41-21-8-3-9-22-41)56(76)64-32-18-30-53(73)74)71-57(77)48(29-16-17-31-62)66-60(80)52(37-44-38-65-47-28-15-14-27-45(44)47)69-58(78)50(35-42-23-10-4-11-24-42)67-55(75)46(63)33-40-19-6-2-7-20-40/h2-15,19-28,38-39,46,48-52,54,65,72H,16-18,29-37,62-63H2,1H3,(H,64,76)(H,66,80)(H,67,75)(H,68,79)(H,69,78)(H,70,81)(H,71,77)(H,73,74)/t39-,46+,48+,49-,50+,51+,52-,54+/m1/s1. The molecule has 81 heavy (non-hydrogen) atoms. The van der Waals surface area contributed by atoms with Gasteiger partial charge in [-0.2, -0.15) is 0 Å². The summed E-state index contributed by atoms with van der Waals surface area (Å²) in [6, 6.07) is 34.1. The van der Waals surface area contributed by atoms with Crippen molar-refractivity contribution >= 4 is 58.2 Å². The number of carbonyl (C=O) groups is 8. The first-order chi connectivity index (χ1) is 39.1. The number of para-hydroxylation sites is 1. The van der Waals surface area contributed by atoms with Crippen LogP contribution in [-0.4, -0.2) is 124 Å². The molecule has 14 N–H and O–H groups in total. The molecule has 428 valence electrons. The molecule has 7 amide bonds. The summed E-state index contributed by atoms with van der Waals surface area (Å²) in [5.74, 6) is -6.27. The number of nitrogens with one attached hydrogen (secondary N) is 8. The van der Waals surface area contributed by atoms with Crippen LogP contribution in [-0.2, 0) is 70.5 Å². The van der Waals surface area contributed by atoms with Gasteiger partial charge in [0.25, 0.3) is 0 Å². The Hall–Kier alpha value is -8.72. The Morgan fingerprint density at radius 1 is 0.481 bits per heavy atom. The van der Waals surface area contributed by atoms with Crippen molar-refractivity contribution in [2.24, 2.45) is 11.5 Å². The van der Waals surface area contributed by atoms with Gasteiger partial charge < -0.3 is 63.9 Å². The maximum absolute atomic E-state index is 14.8. The lowest BCUT2D eigenvalue weighted by Gasteiger charge is -2.29. The van der Waals surface area contributed by atoms with Crippen molar-refractivity contribution in [2.45, 2.75) is 120 Å². The van der Waals surface area contributed by atoms with Gasteiger partial charge in [0.2, 0.25) is 41.4 Å². The minimum absolute atomic E-state index is 0.0167. The molecule has 1 heterocycles. The SMILES string of the molecule is C[C@@H](O)[C@H](NC(=O)[C@H](CCCCN)NC(=O)[C@@H](Cc1c[nH]c2ccccc12)NC(=O)[C@H](Cc1ccccc1)NC(=O)[C@@H](N)Cc1ccccc1)C(=O)N[C@@H](Cc1ccccc1)C(=O)N[C@H](Cc1ccccc1)C(=O)NCCCC(=O)O. The van der Waals surface area contributed by atoms with E-state index in [1.165, 1.54) is 6.92 Å². The molecule has 20 heteroatoms. The summed E-state index contributed by atoms with van der Waals surface area (Å²) < 4.78 is 0. The predicted molar refractivity (Wildman–Crippen MR) is 307 cm³/mol. The highest BCUT2D eigenvalue weighted by Crippen LogP contribution is 2.20. The lowest BCUT2D eigenvalue weighted by molar-refractivity contribution is -0.137. The molecule has 5 aromatic carbocycles. The smallest absolute Gasteiger partial charge is 0.303 e. The molecular formula is C61H74N10O10. The fraction of sp³-hybridized carbons (Fsp3) is 0.344. The van der Waals surface area contributed by atoms with E-state index in [0.29, 0.717) is 35.1 Å². The molecule has 0 spiro atoms. The van der Waals surface area contributed by atoms with Crippen LogP contribution < -0.4 is 48.7 Å². The van der Waals surface area contributed by atoms with Crippen molar-refractivity contribution < 1.29 is 48.6 Å². The highest BCUT2D eigenvalue weighted by Gasteiger charge is 2.36. The molecule has 0 aliphatic heterocycles. The van der Waals surface area contributed by atoms with E-state index >= 15 is 0 Å². The average molecular weight is 1110 g/mol. The Bertz CT molecular complexity index is 3000. The Kier molecular flexibility index (Phi) is 24.1. The number of aliphatic hydroxyl groups is 1. The molecule has 6 rings (SSSR count). The zero-order valence-corrected chi connectivity index (χ0v) is 45.4. The molecule has 0 aliphatic rings. The lowest BCUT2D eigenvalue weighted by Crippen LogP contribution is -2.62. The van der Waals surface area contributed by atoms with Gasteiger partial charge in [-0.3, -0.25) is 38.4 Å². The van der Waals surface area contributed by atoms with Crippen LogP contribution in [0.5, 0.6) is 0 Å². The first-order valence-corrected chi connectivity index (χ1v) is 27.2. The fourth-order valence-corrected chi connectivity index (χ4v) is 9.22. The van der Waals surface area contributed by atoms with Crippen LogP contribution in [0, 0.1) is 0 Å². The topological polar surface area (TPSA) is 329 Å². The second-order valence-electron chi connectivity index (χ2n) is 20.0. The zero-order chi connectivity index (χ0) is 58.1. The van der Waals surface area contributed by atoms with Gasteiger partial charge in [-0.05, 0) is 79.5 Å². The molecule has 0 saturated carbocycles. The van der Waals surface area contributed by atoms with Crippen molar-refractivity contribution in [2.75, 3.05) is 13.1 Å². The normalized spacial score (nSPS) is 14.1. The van der Waals surface area contributed by atoms with E-state index in [1.54, 1.807) is 91.1 Å². The van der Waals surface area contributed by atoms with E-state index in [0.717, 1.165) is 16.5 Å². The zero-order valence-electron chi connectivity index (χ0n) is 45.4. The van der Waals surface area contributed by atoms with E-state index < -0.39 is 95.7 Å². The molecule has 0 fully saturated rings. The van der Waals surface area contributed by atoms with Gasteiger partial charge in [0.15, 0.2) is 0 Å². The fourth-order valence-electron chi connectivity index (χ4n) is 9.22. The summed E-state index contributed by atoms with van der Waals surface area (Å²) in [5, 5.41) is 40.3. The molecule has 8 atom stereocenters. The predicted octanol–water partition coefficient (Wildman–Crippen LogP) is 2.41. The summed E-state index contributed by atoms with van der Waals surface area (Å²) in [6.07, 6.45) is 1.08. The van der Waals surface area contributed by atoms with Crippen molar-refractivity contribution in [1.82, 2.24) is 42.2 Å². The van der Waals surface area contributed by atoms with Crippen LogP contribution in [0.3, 0.4) is 0 Å². The number of fused-ring (bicyclic) bond motifs is 1. The Labute approximate surface area is 471 Å². The van der Waals surface area contributed by atoms with E-state index in [-0.39, 0.29) is 64.5 Å². The number of amides is 7. The molecule has 6 aromatic rings. The van der Waals surface area contributed by atoms with Gasteiger partial charge in [-0.1, -0.05) is 140 Å². The number of aromatic amines is 1. The van der Waals surface area contributed by atoms with Gasteiger partial charge in [0, 0.05) is 55.7 Å². The third kappa shape index (κ3) is 19.9. The molecule has 1 aromatic heterocycles. The van der Waals surface area contributed by atoms with Crippen molar-refractivity contribution in [3.05, 3.63) is 180 Å². The number of carbonyl (C=O) groups excluding carboxylic acids is 7. The third-order valence-corrected chi connectivity index (χ3v) is 13.6. The summed E-state index contributed by atoms with van der Waals surface area (Å²) in [7, 11) is 0. The molecule has 0 radical (unpaired) electrons. The van der Waals surface area contributed by atoms with Crippen molar-refractivity contribution in [1.29, 1.82) is 0 Å². The maximum atomic E-state index is 14.8. The number of benzene rings is 5. The molecule has 20 nitrogen and oxygen atoms in total. The second kappa shape index (κ2) is 31.8. The number of aliphatic carboxylic acids is 1. The van der Waals surface area contributed by atoms with Crippen molar-refractivity contribution in [3.63, 3.8) is 0 Å². The number of aromatic nitrogens is 1. The van der Waals surface area contributed by atoms with Crippen LogP contribution in [0.25, 0.3) is 10.9 Å². The number of aliphatic hydroxyl groups excluding tert-OH is 1. The number of carboxylic acid groups (broad SMARTS) is 1. The minimum atomic E-state index is -1.69. The molecule has 0 aliphatic carbocycles. The Morgan fingerprint density at radius 3 is 1.40 bits per heavy atom. The minimum Gasteiger partial charge on any atom is -0.481 e. The van der Waals surface area contributed by atoms with Crippen LogP contribution >= 0.6 is 0 Å². The lowest BCUT2D eigenvalue weighted by atomic mass is 10.00. The average Bonchev–Trinajstić information content (AvgIpc) is 4.04. The summed E-state index contributed by atoms with van der Waals surface area (Å²) in [5.41, 5.74) is 16.6. The second-order valence-corrected chi connectivity index (χ2v) is 20.0.